The summed E-state index contributed by atoms with van der Waals surface area (Å²) < 4.78 is 18.7. The summed E-state index contributed by atoms with van der Waals surface area (Å²) in [5.74, 6) is -0.625. The molecule has 0 amide bonds. The van der Waals surface area contributed by atoms with Crippen LogP contribution in [0.1, 0.15) is 0 Å². The third-order valence-electron chi connectivity index (χ3n) is 1.53. The van der Waals surface area contributed by atoms with Gasteiger partial charge in [-0.2, -0.15) is 4.98 Å². The smallest absolute Gasteiger partial charge is 0.293 e. The number of benzene rings is 1. The first-order valence-electron chi connectivity index (χ1n) is 3.29. The molecule has 0 spiro atoms. The van der Waals surface area contributed by atoms with Crippen molar-refractivity contribution in [2.75, 3.05) is 5.73 Å². The van der Waals surface area contributed by atoms with Crippen molar-refractivity contribution in [1.82, 2.24) is 4.98 Å². The van der Waals surface area contributed by atoms with Crippen LogP contribution in [0.2, 0.25) is 5.02 Å². The lowest BCUT2D eigenvalue weighted by Gasteiger charge is -1.95. The lowest BCUT2D eigenvalue weighted by molar-refractivity contribution is 0.620. The first-order chi connectivity index (χ1) is 6.09. The standard InChI is InChI=1S/C7H3BrClFN2O/c8-2-1-3(9)4(10)5-6(2)13-7(11)12-5/h1H,(H2,11,12). The van der Waals surface area contributed by atoms with Gasteiger partial charge in [0.2, 0.25) is 0 Å². The van der Waals surface area contributed by atoms with Gasteiger partial charge in [-0.1, -0.05) is 11.6 Å². The molecule has 0 radical (unpaired) electrons. The third-order valence-corrected chi connectivity index (χ3v) is 2.40. The third kappa shape index (κ3) is 1.28. The van der Waals surface area contributed by atoms with Crippen LogP contribution in [0.3, 0.4) is 0 Å². The minimum absolute atomic E-state index is 0.0207. The minimum Gasteiger partial charge on any atom is -0.422 e. The summed E-state index contributed by atoms with van der Waals surface area (Å²) in [5, 5.41) is -0.0207. The molecule has 0 saturated carbocycles. The first kappa shape index (κ1) is 8.77. The van der Waals surface area contributed by atoms with Crippen LogP contribution in [-0.4, -0.2) is 4.98 Å². The number of halogens is 3. The van der Waals surface area contributed by atoms with Gasteiger partial charge in [-0.05, 0) is 22.0 Å². The number of aromatic nitrogens is 1. The van der Waals surface area contributed by atoms with Gasteiger partial charge in [0, 0.05) is 0 Å². The molecular weight excluding hydrogens is 262 g/mol. The number of nitrogens with two attached hydrogens (primary N) is 1. The summed E-state index contributed by atoms with van der Waals surface area (Å²) in [5.41, 5.74) is 5.57. The van der Waals surface area contributed by atoms with E-state index in [1.165, 1.54) is 6.07 Å². The van der Waals surface area contributed by atoms with E-state index >= 15 is 0 Å². The average Bonchev–Trinajstić information content (AvgIpc) is 2.44. The number of hydrogen-bond acceptors (Lipinski definition) is 3. The summed E-state index contributed by atoms with van der Waals surface area (Å²) in [4.78, 5) is 3.66. The number of nitrogens with zero attached hydrogens (tertiary/aromatic N) is 1. The van der Waals surface area contributed by atoms with Crippen molar-refractivity contribution in [3.63, 3.8) is 0 Å². The van der Waals surface area contributed by atoms with Crippen LogP contribution >= 0.6 is 27.5 Å². The van der Waals surface area contributed by atoms with Gasteiger partial charge in [-0.25, -0.2) is 4.39 Å². The molecule has 2 aromatic rings. The monoisotopic (exact) mass is 264 g/mol. The summed E-state index contributed by atoms with van der Waals surface area (Å²) in [7, 11) is 0. The molecule has 2 N–H and O–H groups in total. The summed E-state index contributed by atoms with van der Waals surface area (Å²) in [6, 6.07) is 1.31. The van der Waals surface area contributed by atoms with Crippen LogP contribution in [-0.2, 0) is 0 Å². The maximum absolute atomic E-state index is 13.3. The number of rotatable bonds is 0. The molecule has 13 heavy (non-hydrogen) atoms. The second-order valence-electron chi connectivity index (χ2n) is 2.38. The lowest BCUT2D eigenvalue weighted by Crippen LogP contribution is -1.83. The Hall–Kier alpha value is -0.810. The molecule has 0 bridgehead atoms. The molecule has 2 rings (SSSR count). The first-order valence-corrected chi connectivity index (χ1v) is 4.46. The highest BCUT2D eigenvalue weighted by atomic mass is 79.9. The minimum atomic E-state index is -0.625. The highest BCUT2D eigenvalue weighted by Crippen LogP contribution is 2.32. The summed E-state index contributed by atoms with van der Waals surface area (Å²) in [6.45, 7) is 0. The van der Waals surface area contributed by atoms with Gasteiger partial charge in [0.1, 0.15) is 5.52 Å². The molecule has 0 aliphatic rings. The van der Waals surface area contributed by atoms with Crippen molar-refractivity contribution in [2.24, 2.45) is 0 Å². The molecule has 6 heteroatoms. The zero-order chi connectivity index (χ0) is 9.59. The van der Waals surface area contributed by atoms with Gasteiger partial charge in [0.25, 0.3) is 6.01 Å². The second kappa shape index (κ2) is 2.85. The van der Waals surface area contributed by atoms with E-state index in [1.54, 1.807) is 0 Å². The van der Waals surface area contributed by atoms with E-state index in [0.29, 0.717) is 4.47 Å². The van der Waals surface area contributed by atoms with Crippen LogP contribution in [0.5, 0.6) is 0 Å². The van der Waals surface area contributed by atoms with Gasteiger partial charge in [0.15, 0.2) is 11.4 Å². The maximum Gasteiger partial charge on any atom is 0.293 e. The predicted molar refractivity (Wildman–Crippen MR) is 51.1 cm³/mol. The van der Waals surface area contributed by atoms with E-state index in [2.05, 4.69) is 20.9 Å². The Morgan fingerprint density at radius 3 is 3.00 bits per heavy atom. The molecule has 0 saturated heterocycles. The van der Waals surface area contributed by atoms with Crippen molar-refractivity contribution in [3.05, 3.63) is 21.4 Å². The van der Waals surface area contributed by atoms with E-state index in [-0.39, 0.29) is 22.1 Å². The van der Waals surface area contributed by atoms with E-state index in [1.807, 2.05) is 0 Å². The Morgan fingerprint density at radius 2 is 2.31 bits per heavy atom. The van der Waals surface area contributed by atoms with E-state index in [0.717, 1.165) is 0 Å². The molecule has 3 nitrogen and oxygen atoms in total. The fourth-order valence-corrected chi connectivity index (χ4v) is 1.83. The molecule has 1 aromatic heterocycles. The van der Waals surface area contributed by atoms with Gasteiger partial charge in [0.05, 0.1) is 9.50 Å². The molecule has 0 fully saturated rings. The molecule has 1 aromatic carbocycles. The van der Waals surface area contributed by atoms with Crippen molar-refractivity contribution >= 4 is 44.6 Å². The fourth-order valence-electron chi connectivity index (χ4n) is 1.00. The van der Waals surface area contributed by atoms with Gasteiger partial charge in [-0.3, -0.25) is 0 Å². The normalized spacial score (nSPS) is 11.0. The predicted octanol–water partition coefficient (Wildman–Crippen LogP) is 2.96. The Labute approximate surface area is 85.8 Å². The topological polar surface area (TPSA) is 52.0 Å². The van der Waals surface area contributed by atoms with E-state index < -0.39 is 5.82 Å². The molecule has 0 unspecified atom stereocenters. The summed E-state index contributed by atoms with van der Waals surface area (Å²) >= 11 is 8.73. The van der Waals surface area contributed by atoms with Gasteiger partial charge < -0.3 is 10.2 Å². The fraction of sp³-hybridized carbons (Fsp3) is 0. The average molecular weight is 265 g/mol. The number of fused-ring (bicyclic) bond motifs is 1. The van der Waals surface area contributed by atoms with Gasteiger partial charge in [-0.15, -0.1) is 0 Å². The quantitative estimate of drug-likeness (QED) is 0.745. The highest BCUT2D eigenvalue weighted by Gasteiger charge is 2.15. The van der Waals surface area contributed by atoms with Gasteiger partial charge >= 0.3 is 0 Å². The maximum atomic E-state index is 13.3. The molecule has 68 valence electrons. The van der Waals surface area contributed by atoms with E-state index in [4.69, 9.17) is 21.8 Å². The number of oxazole rings is 1. The van der Waals surface area contributed by atoms with Crippen molar-refractivity contribution < 1.29 is 8.81 Å². The Balaban J connectivity index is 2.95. The number of hydrogen-bond donors (Lipinski definition) is 1. The van der Waals surface area contributed by atoms with Crippen LogP contribution in [0.4, 0.5) is 10.4 Å². The van der Waals surface area contributed by atoms with Crippen LogP contribution in [0.15, 0.2) is 15.0 Å². The zero-order valence-corrected chi connectivity index (χ0v) is 8.49. The summed E-state index contributed by atoms with van der Waals surface area (Å²) in [6.07, 6.45) is 0. The Bertz CT molecular complexity index is 485. The van der Waals surface area contributed by atoms with Crippen molar-refractivity contribution in [2.45, 2.75) is 0 Å². The highest BCUT2D eigenvalue weighted by molar-refractivity contribution is 9.10. The molecule has 0 aliphatic carbocycles. The molecular formula is C7H3BrClFN2O. The Kier molecular flexibility index (Phi) is 1.92. The SMILES string of the molecule is Nc1nc2c(F)c(Cl)cc(Br)c2o1. The zero-order valence-electron chi connectivity index (χ0n) is 6.14. The van der Waals surface area contributed by atoms with Crippen LogP contribution in [0, 0.1) is 5.82 Å². The largest absolute Gasteiger partial charge is 0.422 e. The molecule has 0 aliphatic heterocycles. The second-order valence-corrected chi connectivity index (χ2v) is 3.65. The van der Waals surface area contributed by atoms with E-state index in [9.17, 15) is 4.39 Å². The lowest BCUT2D eigenvalue weighted by atomic mass is 10.3. The van der Waals surface area contributed by atoms with Crippen LogP contribution in [0.25, 0.3) is 11.1 Å². The Morgan fingerprint density at radius 1 is 1.62 bits per heavy atom. The van der Waals surface area contributed by atoms with Crippen molar-refractivity contribution in [1.29, 1.82) is 0 Å². The number of anilines is 1. The van der Waals surface area contributed by atoms with Crippen LogP contribution < -0.4 is 5.73 Å². The number of nitrogen functional groups attached to an aromatic ring is 1. The molecule has 0 atom stereocenters. The molecule has 1 heterocycles. The van der Waals surface area contributed by atoms with Crippen molar-refractivity contribution in [3.8, 4) is 0 Å².